The summed E-state index contributed by atoms with van der Waals surface area (Å²) < 4.78 is 0. The van der Waals surface area contributed by atoms with Gasteiger partial charge in [0.05, 0.1) is 16.8 Å². The van der Waals surface area contributed by atoms with Gasteiger partial charge in [-0.1, -0.05) is 23.7 Å². The number of aromatic nitrogens is 2. The van der Waals surface area contributed by atoms with Crippen LogP contribution in [0, 0.1) is 0 Å². The summed E-state index contributed by atoms with van der Waals surface area (Å²) >= 11 is 5.88. The number of carboxylic acids is 2. The quantitative estimate of drug-likeness (QED) is 0.737. The van der Waals surface area contributed by atoms with E-state index in [2.05, 4.69) is 9.97 Å². The number of carbonyl (C=O) groups is 2. The van der Waals surface area contributed by atoms with Crippen molar-refractivity contribution in [2.45, 2.75) is 0 Å². The summed E-state index contributed by atoms with van der Waals surface area (Å²) in [6, 6.07) is 12.6. The standard InChI is InChI=1S/C18H11ClN2O4/c19-11-5-3-10(4-6-11)14-8-7-13(18(24)25)16(21-14)15-12(17(22)23)2-1-9-20-15/h1-9H,(H,22,23)(H,24,25). The third-order valence-corrected chi connectivity index (χ3v) is 3.78. The lowest BCUT2D eigenvalue weighted by Crippen LogP contribution is -2.08. The van der Waals surface area contributed by atoms with Gasteiger partial charge >= 0.3 is 11.9 Å². The molecule has 0 spiro atoms. The maximum absolute atomic E-state index is 11.5. The highest BCUT2D eigenvalue weighted by Crippen LogP contribution is 2.28. The molecule has 2 aromatic heterocycles. The summed E-state index contributed by atoms with van der Waals surface area (Å²) in [5.41, 5.74) is 0.958. The Morgan fingerprint density at radius 3 is 2.12 bits per heavy atom. The number of benzene rings is 1. The van der Waals surface area contributed by atoms with Gasteiger partial charge in [-0.15, -0.1) is 0 Å². The fourth-order valence-corrected chi connectivity index (χ4v) is 2.49. The zero-order valence-corrected chi connectivity index (χ0v) is 13.4. The maximum atomic E-state index is 11.5. The predicted octanol–water partition coefficient (Wildman–Crippen LogP) is 3.86. The number of pyridine rings is 2. The van der Waals surface area contributed by atoms with Crippen molar-refractivity contribution < 1.29 is 19.8 Å². The topological polar surface area (TPSA) is 100 Å². The fourth-order valence-electron chi connectivity index (χ4n) is 2.36. The van der Waals surface area contributed by atoms with Crippen LogP contribution in [0.15, 0.2) is 54.7 Å². The average Bonchev–Trinajstić information content (AvgIpc) is 2.61. The first kappa shape index (κ1) is 16.6. The zero-order chi connectivity index (χ0) is 18.0. The summed E-state index contributed by atoms with van der Waals surface area (Å²) in [4.78, 5) is 31.4. The third kappa shape index (κ3) is 3.34. The Labute approximate surface area is 147 Å². The Balaban J connectivity index is 2.24. The van der Waals surface area contributed by atoms with Crippen molar-refractivity contribution in [3.8, 4) is 22.6 Å². The van der Waals surface area contributed by atoms with E-state index in [-0.39, 0.29) is 22.5 Å². The zero-order valence-electron chi connectivity index (χ0n) is 12.7. The minimum absolute atomic E-state index is 0.00190. The van der Waals surface area contributed by atoms with Crippen LogP contribution in [0.25, 0.3) is 22.6 Å². The maximum Gasteiger partial charge on any atom is 0.337 e. The van der Waals surface area contributed by atoms with Crippen molar-refractivity contribution in [1.82, 2.24) is 9.97 Å². The number of aromatic carboxylic acids is 2. The number of halogens is 1. The molecule has 25 heavy (non-hydrogen) atoms. The molecule has 0 bridgehead atoms. The number of hydrogen-bond acceptors (Lipinski definition) is 4. The van der Waals surface area contributed by atoms with Crippen LogP contribution in [-0.4, -0.2) is 32.1 Å². The third-order valence-electron chi connectivity index (χ3n) is 3.53. The summed E-state index contributed by atoms with van der Waals surface area (Å²) in [7, 11) is 0. The Morgan fingerprint density at radius 1 is 0.840 bits per heavy atom. The Hall–Kier alpha value is -3.25. The predicted molar refractivity (Wildman–Crippen MR) is 91.8 cm³/mol. The molecule has 1 aromatic carbocycles. The molecule has 2 heterocycles. The van der Waals surface area contributed by atoms with Crippen molar-refractivity contribution in [2.75, 3.05) is 0 Å². The molecule has 0 atom stereocenters. The van der Waals surface area contributed by atoms with Crippen LogP contribution in [0.5, 0.6) is 0 Å². The van der Waals surface area contributed by atoms with Gasteiger partial charge < -0.3 is 10.2 Å². The van der Waals surface area contributed by atoms with E-state index in [9.17, 15) is 19.8 Å². The summed E-state index contributed by atoms with van der Waals surface area (Å²) in [6.45, 7) is 0. The second-order valence-corrected chi connectivity index (χ2v) is 5.55. The molecule has 0 saturated heterocycles. The van der Waals surface area contributed by atoms with Crippen LogP contribution in [-0.2, 0) is 0 Å². The van der Waals surface area contributed by atoms with Crippen molar-refractivity contribution in [3.63, 3.8) is 0 Å². The van der Waals surface area contributed by atoms with E-state index in [0.29, 0.717) is 10.7 Å². The molecule has 0 aliphatic rings. The van der Waals surface area contributed by atoms with E-state index in [1.54, 1.807) is 30.3 Å². The summed E-state index contributed by atoms with van der Waals surface area (Å²) in [5.74, 6) is -2.43. The normalized spacial score (nSPS) is 10.4. The van der Waals surface area contributed by atoms with Crippen LogP contribution in [0.2, 0.25) is 5.02 Å². The molecule has 2 N–H and O–H groups in total. The van der Waals surface area contributed by atoms with E-state index < -0.39 is 11.9 Å². The van der Waals surface area contributed by atoms with Crippen molar-refractivity contribution in [1.29, 1.82) is 0 Å². The van der Waals surface area contributed by atoms with E-state index in [1.807, 2.05) is 0 Å². The van der Waals surface area contributed by atoms with E-state index >= 15 is 0 Å². The van der Waals surface area contributed by atoms with Crippen LogP contribution >= 0.6 is 11.6 Å². The lowest BCUT2D eigenvalue weighted by molar-refractivity contribution is 0.0683. The van der Waals surface area contributed by atoms with Gasteiger partial charge in [-0.05, 0) is 36.4 Å². The molecule has 3 rings (SSSR count). The van der Waals surface area contributed by atoms with Gasteiger partial charge in [0.15, 0.2) is 0 Å². The average molecular weight is 355 g/mol. The molecule has 7 heteroatoms. The van der Waals surface area contributed by atoms with Gasteiger partial charge in [-0.2, -0.15) is 0 Å². The monoisotopic (exact) mass is 354 g/mol. The first-order chi connectivity index (χ1) is 12.0. The highest BCUT2D eigenvalue weighted by Gasteiger charge is 2.21. The van der Waals surface area contributed by atoms with Crippen LogP contribution < -0.4 is 0 Å². The molecule has 0 fully saturated rings. The van der Waals surface area contributed by atoms with Crippen molar-refractivity contribution in [3.05, 3.63) is 70.9 Å². The Bertz CT molecular complexity index is 971. The van der Waals surface area contributed by atoms with Crippen molar-refractivity contribution >= 4 is 23.5 Å². The molecule has 0 aliphatic heterocycles. The first-order valence-corrected chi connectivity index (χ1v) is 7.54. The SMILES string of the molecule is O=C(O)c1cccnc1-c1nc(-c2ccc(Cl)cc2)ccc1C(=O)O. The minimum atomic E-state index is -1.22. The molecule has 0 radical (unpaired) electrons. The van der Waals surface area contributed by atoms with Crippen LogP contribution in [0.3, 0.4) is 0 Å². The van der Waals surface area contributed by atoms with Gasteiger partial charge in [0.25, 0.3) is 0 Å². The molecule has 3 aromatic rings. The second-order valence-electron chi connectivity index (χ2n) is 5.11. The fraction of sp³-hybridized carbons (Fsp3) is 0. The van der Waals surface area contributed by atoms with Gasteiger partial charge in [0.2, 0.25) is 0 Å². The molecular formula is C18H11ClN2O4. The molecule has 0 amide bonds. The number of rotatable bonds is 4. The molecule has 124 valence electrons. The Kier molecular flexibility index (Phi) is 4.45. The van der Waals surface area contributed by atoms with Gasteiger partial charge in [0, 0.05) is 16.8 Å². The van der Waals surface area contributed by atoms with Crippen LogP contribution in [0.4, 0.5) is 0 Å². The second kappa shape index (κ2) is 6.70. The number of hydrogen-bond donors (Lipinski definition) is 2. The van der Waals surface area contributed by atoms with E-state index in [0.717, 1.165) is 5.56 Å². The molecule has 0 aliphatic carbocycles. The van der Waals surface area contributed by atoms with Gasteiger partial charge in [0.1, 0.15) is 11.4 Å². The number of nitrogens with zero attached hydrogens (tertiary/aromatic N) is 2. The first-order valence-electron chi connectivity index (χ1n) is 7.16. The molecule has 0 unspecified atom stereocenters. The lowest BCUT2D eigenvalue weighted by Gasteiger charge is -2.10. The summed E-state index contributed by atoms with van der Waals surface area (Å²) in [6.07, 6.45) is 1.39. The van der Waals surface area contributed by atoms with Gasteiger partial charge in [-0.3, -0.25) is 4.98 Å². The van der Waals surface area contributed by atoms with Crippen molar-refractivity contribution in [2.24, 2.45) is 0 Å². The van der Waals surface area contributed by atoms with E-state index in [1.165, 1.54) is 24.4 Å². The molecular weight excluding hydrogens is 344 g/mol. The Morgan fingerprint density at radius 2 is 1.48 bits per heavy atom. The smallest absolute Gasteiger partial charge is 0.337 e. The van der Waals surface area contributed by atoms with Crippen LogP contribution in [0.1, 0.15) is 20.7 Å². The highest BCUT2D eigenvalue weighted by molar-refractivity contribution is 6.30. The largest absolute Gasteiger partial charge is 0.478 e. The van der Waals surface area contributed by atoms with Gasteiger partial charge in [-0.25, -0.2) is 14.6 Å². The lowest BCUT2D eigenvalue weighted by atomic mass is 10.0. The highest BCUT2D eigenvalue weighted by atomic mass is 35.5. The molecule has 6 nitrogen and oxygen atoms in total. The number of carboxylic acid groups (broad SMARTS) is 2. The summed E-state index contributed by atoms with van der Waals surface area (Å²) in [5, 5.41) is 19.3. The van der Waals surface area contributed by atoms with E-state index in [4.69, 9.17) is 11.6 Å². The molecule has 0 saturated carbocycles. The minimum Gasteiger partial charge on any atom is -0.478 e.